The van der Waals surface area contributed by atoms with Gasteiger partial charge in [0.05, 0.1) is 19.1 Å². The lowest BCUT2D eigenvalue weighted by Crippen LogP contribution is -2.38. The fraction of sp³-hybridized carbons (Fsp3) is 0.421. The highest BCUT2D eigenvalue weighted by atomic mass is 32.1. The van der Waals surface area contributed by atoms with Gasteiger partial charge in [-0.15, -0.1) is 11.3 Å². The SMILES string of the molecule is O=C(O)C(Cc1ccc(OCCN2CCOCC2)cc1)c1cccs1. The minimum absolute atomic E-state index is 0.490. The van der Waals surface area contributed by atoms with Crippen molar-refractivity contribution >= 4 is 17.3 Å². The third kappa shape index (κ3) is 5.29. The van der Waals surface area contributed by atoms with E-state index in [0.717, 1.165) is 49.0 Å². The summed E-state index contributed by atoms with van der Waals surface area (Å²) in [5.74, 6) is -0.457. The zero-order chi connectivity index (χ0) is 17.5. The molecule has 0 radical (unpaired) electrons. The van der Waals surface area contributed by atoms with E-state index in [1.54, 1.807) is 0 Å². The van der Waals surface area contributed by atoms with Crippen molar-refractivity contribution < 1.29 is 19.4 Å². The van der Waals surface area contributed by atoms with E-state index >= 15 is 0 Å². The minimum Gasteiger partial charge on any atom is -0.492 e. The second-order valence-electron chi connectivity index (χ2n) is 6.06. The zero-order valence-corrected chi connectivity index (χ0v) is 14.9. The normalized spacial score (nSPS) is 16.5. The molecular weight excluding hydrogens is 338 g/mol. The van der Waals surface area contributed by atoms with Crippen LogP contribution in [0.3, 0.4) is 0 Å². The van der Waals surface area contributed by atoms with Crippen molar-refractivity contribution in [3.05, 3.63) is 52.2 Å². The third-order valence-electron chi connectivity index (χ3n) is 4.33. The van der Waals surface area contributed by atoms with E-state index in [4.69, 9.17) is 9.47 Å². The molecule has 6 heteroatoms. The van der Waals surface area contributed by atoms with Crippen molar-refractivity contribution in [3.63, 3.8) is 0 Å². The van der Waals surface area contributed by atoms with Crippen LogP contribution in [0.4, 0.5) is 0 Å². The Kier molecular flexibility index (Phi) is 6.44. The van der Waals surface area contributed by atoms with Crippen LogP contribution in [-0.4, -0.2) is 55.4 Å². The smallest absolute Gasteiger partial charge is 0.312 e. The number of carbonyl (C=O) groups is 1. The number of thiophene rings is 1. The maximum absolute atomic E-state index is 11.5. The quantitative estimate of drug-likeness (QED) is 0.783. The Balaban J connectivity index is 1.50. The number of benzene rings is 1. The molecule has 1 aromatic heterocycles. The molecule has 1 N–H and O–H groups in total. The molecule has 2 heterocycles. The molecule has 3 rings (SSSR count). The lowest BCUT2D eigenvalue weighted by Gasteiger charge is -2.26. The molecule has 1 aromatic carbocycles. The number of ether oxygens (including phenoxy) is 2. The van der Waals surface area contributed by atoms with Crippen LogP contribution in [0.5, 0.6) is 5.75 Å². The fourth-order valence-electron chi connectivity index (χ4n) is 2.87. The molecule has 1 aliphatic rings. The second kappa shape index (κ2) is 8.99. The summed E-state index contributed by atoms with van der Waals surface area (Å²) in [7, 11) is 0. The van der Waals surface area contributed by atoms with Crippen molar-refractivity contribution in [2.75, 3.05) is 39.5 Å². The van der Waals surface area contributed by atoms with Gasteiger partial charge in [-0.25, -0.2) is 0 Å². The first-order chi connectivity index (χ1) is 12.2. The van der Waals surface area contributed by atoms with Gasteiger partial charge >= 0.3 is 5.97 Å². The molecule has 5 nitrogen and oxygen atoms in total. The monoisotopic (exact) mass is 361 g/mol. The summed E-state index contributed by atoms with van der Waals surface area (Å²) in [5, 5.41) is 11.4. The molecule has 134 valence electrons. The summed E-state index contributed by atoms with van der Waals surface area (Å²) in [6, 6.07) is 11.5. The molecule has 0 aliphatic carbocycles. The summed E-state index contributed by atoms with van der Waals surface area (Å²) in [6.07, 6.45) is 0.490. The topological polar surface area (TPSA) is 59.0 Å². The van der Waals surface area contributed by atoms with E-state index in [2.05, 4.69) is 4.90 Å². The second-order valence-corrected chi connectivity index (χ2v) is 7.04. The van der Waals surface area contributed by atoms with E-state index in [1.165, 1.54) is 11.3 Å². The third-order valence-corrected chi connectivity index (χ3v) is 5.31. The number of carboxylic acid groups (broad SMARTS) is 1. The van der Waals surface area contributed by atoms with Crippen molar-refractivity contribution in [1.82, 2.24) is 4.90 Å². The van der Waals surface area contributed by atoms with E-state index < -0.39 is 11.9 Å². The van der Waals surface area contributed by atoms with Gasteiger partial charge in [0, 0.05) is 24.5 Å². The van der Waals surface area contributed by atoms with E-state index in [0.29, 0.717) is 13.0 Å². The van der Waals surface area contributed by atoms with Crippen molar-refractivity contribution in [3.8, 4) is 5.75 Å². The van der Waals surface area contributed by atoms with Gasteiger partial charge in [-0.1, -0.05) is 18.2 Å². The van der Waals surface area contributed by atoms with Gasteiger partial charge in [-0.2, -0.15) is 0 Å². The van der Waals surface area contributed by atoms with E-state index in [1.807, 2.05) is 41.8 Å². The number of morpholine rings is 1. The Hall–Kier alpha value is -1.89. The maximum atomic E-state index is 11.5. The van der Waals surface area contributed by atoms with Gasteiger partial charge in [0.2, 0.25) is 0 Å². The molecule has 0 amide bonds. The van der Waals surface area contributed by atoms with Crippen LogP contribution in [0.2, 0.25) is 0 Å². The summed E-state index contributed by atoms with van der Waals surface area (Å²) in [4.78, 5) is 14.7. The van der Waals surface area contributed by atoms with E-state index in [-0.39, 0.29) is 0 Å². The van der Waals surface area contributed by atoms with Crippen molar-refractivity contribution in [1.29, 1.82) is 0 Å². The van der Waals surface area contributed by atoms with Crippen LogP contribution < -0.4 is 4.74 Å². The number of carboxylic acids is 1. The number of rotatable bonds is 8. The zero-order valence-electron chi connectivity index (χ0n) is 14.1. The lowest BCUT2D eigenvalue weighted by molar-refractivity contribution is -0.138. The first-order valence-corrected chi connectivity index (χ1v) is 9.38. The number of nitrogens with zero attached hydrogens (tertiary/aromatic N) is 1. The molecule has 25 heavy (non-hydrogen) atoms. The summed E-state index contributed by atoms with van der Waals surface area (Å²) in [5.41, 5.74) is 1.00. The van der Waals surface area contributed by atoms with Gasteiger partial charge in [0.25, 0.3) is 0 Å². The Bertz CT molecular complexity index is 651. The van der Waals surface area contributed by atoms with Gasteiger partial charge in [-0.3, -0.25) is 9.69 Å². The Labute approximate surface area is 151 Å². The molecule has 1 fully saturated rings. The number of hydrogen-bond acceptors (Lipinski definition) is 5. The predicted molar refractivity (Wildman–Crippen MR) is 97.6 cm³/mol. The largest absolute Gasteiger partial charge is 0.492 e. The van der Waals surface area contributed by atoms with Gasteiger partial charge in [0.15, 0.2) is 0 Å². The molecule has 0 saturated carbocycles. The summed E-state index contributed by atoms with van der Waals surface area (Å²) in [6.45, 7) is 5.05. The highest BCUT2D eigenvalue weighted by Crippen LogP contribution is 2.26. The van der Waals surface area contributed by atoms with Crippen molar-refractivity contribution in [2.45, 2.75) is 12.3 Å². The standard InChI is InChI=1S/C19H23NO4S/c21-19(22)17(18-2-1-13-25-18)14-15-3-5-16(6-4-15)24-12-9-20-7-10-23-11-8-20/h1-6,13,17H,7-12,14H2,(H,21,22). The van der Waals surface area contributed by atoms with Gasteiger partial charge in [0.1, 0.15) is 12.4 Å². The lowest BCUT2D eigenvalue weighted by atomic mass is 9.98. The molecular formula is C19H23NO4S. The number of hydrogen-bond donors (Lipinski definition) is 1. The highest BCUT2D eigenvalue weighted by molar-refractivity contribution is 7.10. The van der Waals surface area contributed by atoms with Crippen LogP contribution in [0.15, 0.2) is 41.8 Å². The molecule has 0 bridgehead atoms. The van der Waals surface area contributed by atoms with E-state index in [9.17, 15) is 9.90 Å². The Morgan fingerprint density at radius 1 is 1.24 bits per heavy atom. The van der Waals surface area contributed by atoms with Crippen LogP contribution in [0, 0.1) is 0 Å². The molecule has 0 spiro atoms. The van der Waals surface area contributed by atoms with Crippen LogP contribution in [0.25, 0.3) is 0 Å². The molecule has 1 aliphatic heterocycles. The maximum Gasteiger partial charge on any atom is 0.312 e. The summed E-state index contributed by atoms with van der Waals surface area (Å²) < 4.78 is 11.1. The highest BCUT2D eigenvalue weighted by Gasteiger charge is 2.21. The minimum atomic E-state index is -0.784. The number of aliphatic carboxylic acids is 1. The average Bonchev–Trinajstić information content (AvgIpc) is 3.16. The Morgan fingerprint density at radius 2 is 2.00 bits per heavy atom. The summed E-state index contributed by atoms with van der Waals surface area (Å²) >= 11 is 1.49. The van der Waals surface area contributed by atoms with Gasteiger partial charge < -0.3 is 14.6 Å². The first kappa shape index (κ1) is 17.9. The first-order valence-electron chi connectivity index (χ1n) is 8.50. The fourth-order valence-corrected chi connectivity index (χ4v) is 3.69. The van der Waals surface area contributed by atoms with Crippen LogP contribution in [0.1, 0.15) is 16.4 Å². The molecule has 1 saturated heterocycles. The predicted octanol–water partition coefficient (Wildman–Crippen LogP) is 2.87. The van der Waals surface area contributed by atoms with Crippen LogP contribution in [-0.2, 0) is 16.0 Å². The van der Waals surface area contributed by atoms with Crippen molar-refractivity contribution in [2.24, 2.45) is 0 Å². The van der Waals surface area contributed by atoms with Gasteiger partial charge in [-0.05, 0) is 35.6 Å². The Morgan fingerprint density at radius 3 is 2.64 bits per heavy atom. The molecule has 2 aromatic rings. The molecule has 1 atom stereocenters. The van der Waals surface area contributed by atoms with Crippen LogP contribution >= 0.6 is 11.3 Å². The average molecular weight is 361 g/mol. The molecule has 1 unspecified atom stereocenters.